The van der Waals surface area contributed by atoms with Crippen LogP contribution in [-0.2, 0) is 16.3 Å². The monoisotopic (exact) mass is 283 g/mol. The molecule has 19 heavy (non-hydrogen) atoms. The third kappa shape index (κ3) is 3.94. The van der Waals surface area contributed by atoms with Crippen LogP contribution in [0, 0.1) is 0 Å². The second kappa shape index (κ2) is 5.92. The summed E-state index contributed by atoms with van der Waals surface area (Å²) >= 11 is 0. The van der Waals surface area contributed by atoms with Crippen molar-refractivity contribution >= 4 is 9.84 Å². The summed E-state index contributed by atoms with van der Waals surface area (Å²) in [5.74, 6) is 0.822. The maximum Gasteiger partial charge on any atom is 0.150 e. The Hall–Kier alpha value is -1.07. The molecule has 1 atom stereocenters. The Morgan fingerprint density at radius 3 is 2.89 bits per heavy atom. The Kier molecular flexibility index (Phi) is 4.47. The van der Waals surface area contributed by atoms with E-state index in [2.05, 4.69) is 11.4 Å². The Morgan fingerprint density at radius 2 is 2.21 bits per heavy atom. The van der Waals surface area contributed by atoms with Crippen LogP contribution in [0.25, 0.3) is 0 Å². The highest BCUT2D eigenvalue weighted by atomic mass is 32.2. The number of aryl methyl sites for hydroxylation is 1. The van der Waals surface area contributed by atoms with Crippen molar-refractivity contribution in [3.63, 3.8) is 0 Å². The zero-order chi connectivity index (χ0) is 13.9. The van der Waals surface area contributed by atoms with Crippen molar-refractivity contribution in [3.8, 4) is 5.75 Å². The number of ether oxygens (including phenoxy) is 1. The van der Waals surface area contributed by atoms with Crippen molar-refractivity contribution < 1.29 is 13.2 Å². The van der Waals surface area contributed by atoms with Crippen LogP contribution in [0.3, 0.4) is 0 Å². The van der Waals surface area contributed by atoms with Crippen LogP contribution >= 0.6 is 0 Å². The molecular formula is C14H21NO3S. The summed E-state index contributed by atoms with van der Waals surface area (Å²) in [5, 5.41) is 3.32. The zero-order valence-corrected chi connectivity index (χ0v) is 12.3. The minimum atomic E-state index is -2.96. The van der Waals surface area contributed by atoms with Gasteiger partial charge in [0, 0.05) is 12.3 Å². The maximum atomic E-state index is 11.0. The maximum absolute atomic E-state index is 11.0. The molecule has 0 spiro atoms. The highest BCUT2D eigenvalue weighted by Gasteiger charge is 2.18. The lowest BCUT2D eigenvalue weighted by atomic mass is 9.87. The van der Waals surface area contributed by atoms with E-state index in [1.807, 2.05) is 19.2 Å². The molecule has 0 saturated heterocycles. The molecule has 0 amide bonds. The quantitative estimate of drug-likeness (QED) is 0.894. The van der Waals surface area contributed by atoms with Gasteiger partial charge >= 0.3 is 0 Å². The lowest BCUT2D eigenvalue weighted by molar-refractivity contribution is 0.340. The number of sulfone groups is 1. The molecule has 1 aliphatic rings. The van der Waals surface area contributed by atoms with Crippen molar-refractivity contribution in [2.45, 2.75) is 25.3 Å². The van der Waals surface area contributed by atoms with Gasteiger partial charge in [0.05, 0.1) is 5.75 Å². The fraction of sp³-hybridized carbons (Fsp3) is 0.571. The van der Waals surface area contributed by atoms with Crippen LogP contribution in [-0.4, -0.2) is 34.1 Å². The van der Waals surface area contributed by atoms with Crippen molar-refractivity contribution in [2.75, 3.05) is 25.7 Å². The largest absolute Gasteiger partial charge is 0.493 e. The molecule has 0 saturated carbocycles. The molecule has 0 fully saturated rings. The lowest BCUT2D eigenvalue weighted by Gasteiger charge is -2.25. The first kappa shape index (κ1) is 14.3. The van der Waals surface area contributed by atoms with Crippen molar-refractivity contribution in [2.24, 2.45) is 0 Å². The van der Waals surface area contributed by atoms with E-state index in [1.54, 1.807) is 0 Å². The van der Waals surface area contributed by atoms with Crippen LogP contribution in [0.2, 0.25) is 0 Å². The number of nitrogens with one attached hydrogen (secondary N) is 1. The van der Waals surface area contributed by atoms with E-state index >= 15 is 0 Å². The fourth-order valence-corrected chi connectivity index (χ4v) is 2.88. The fourth-order valence-electron chi connectivity index (χ4n) is 2.49. The molecule has 1 aromatic rings. The second-order valence-corrected chi connectivity index (χ2v) is 7.33. The van der Waals surface area contributed by atoms with Crippen LogP contribution in [0.5, 0.6) is 5.75 Å². The topological polar surface area (TPSA) is 55.4 Å². The Morgan fingerprint density at radius 1 is 1.42 bits per heavy atom. The predicted octanol–water partition coefficient (Wildman–Crippen LogP) is 1.71. The van der Waals surface area contributed by atoms with E-state index in [4.69, 9.17) is 4.74 Å². The summed E-state index contributed by atoms with van der Waals surface area (Å²) in [6, 6.07) is 6.48. The summed E-state index contributed by atoms with van der Waals surface area (Å²) in [6.45, 7) is 0.215. The van der Waals surface area contributed by atoms with Gasteiger partial charge in [0.15, 0.2) is 9.84 Å². The van der Waals surface area contributed by atoms with Crippen molar-refractivity contribution in [3.05, 3.63) is 29.3 Å². The van der Waals surface area contributed by atoms with Gasteiger partial charge in [0.1, 0.15) is 12.4 Å². The molecule has 106 valence electrons. The molecule has 0 heterocycles. The third-order valence-corrected chi connectivity index (χ3v) is 4.41. The van der Waals surface area contributed by atoms with E-state index < -0.39 is 9.84 Å². The highest BCUT2D eigenvalue weighted by molar-refractivity contribution is 7.90. The summed E-state index contributed by atoms with van der Waals surface area (Å²) in [5.41, 5.74) is 2.65. The van der Waals surface area contributed by atoms with Crippen LogP contribution in [0.4, 0.5) is 0 Å². The molecule has 5 heteroatoms. The first-order valence-corrected chi connectivity index (χ1v) is 8.66. The van der Waals surface area contributed by atoms with E-state index in [0.717, 1.165) is 18.6 Å². The zero-order valence-electron chi connectivity index (χ0n) is 11.5. The number of hydrogen-bond acceptors (Lipinski definition) is 4. The minimum Gasteiger partial charge on any atom is -0.493 e. The normalized spacial score (nSPS) is 18.9. The van der Waals surface area contributed by atoms with Gasteiger partial charge in [-0.1, -0.05) is 6.07 Å². The van der Waals surface area contributed by atoms with Gasteiger partial charge < -0.3 is 10.1 Å². The first-order valence-electron chi connectivity index (χ1n) is 6.60. The molecule has 1 unspecified atom stereocenters. The summed E-state index contributed by atoms with van der Waals surface area (Å²) in [4.78, 5) is 0. The number of benzene rings is 1. The standard InChI is InChI=1S/C14H21NO3S/c1-15-14-5-3-4-11-10-12(6-7-13(11)14)18-8-9-19(2,16)17/h6-7,10,14-15H,3-5,8-9H2,1-2H3. The van der Waals surface area contributed by atoms with Gasteiger partial charge in [0.25, 0.3) is 0 Å². The van der Waals surface area contributed by atoms with Crippen LogP contribution < -0.4 is 10.1 Å². The number of hydrogen-bond donors (Lipinski definition) is 1. The molecule has 0 aromatic heterocycles. The summed E-state index contributed by atoms with van der Waals surface area (Å²) in [6.07, 6.45) is 4.63. The van der Waals surface area contributed by atoms with Gasteiger partial charge in [-0.2, -0.15) is 0 Å². The van der Waals surface area contributed by atoms with E-state index in [-0.39, 0.29) is 12.4 Å². The predicted molar refractivity (Wildman–Crippen MR) is 76.4 cm³/mol. The molecule has 1 aromatic carbocycles. The van der Waals surface area contributed by atoms with E-state index in [1.165, 1.54) is 23.8 Å². The average Bonchev–Trinajstić information content (AvgIpc) is 2.36. The Balaban J connectivity index is 2.04. The van der Waals surface area contributed by atoms with Crippen LogP contribution in [0.1, 0.15) is 30.0 Å². The molecule has 1 N–H and O–H groups in total. The molecule has 0 radical (unpaired) electrons. The Labute approximate surface area is 115 Å². The number of rotatable bonds is 5. The number of fused-ring (bicyclic) bond motifs is 1. The first-order chi connectivity index (χ1) is 8.99. The van der Waals surface area contributed by atoms with Crippen molar-refractivity contribution in [1.82, 2.24) is 5.32 Å². The van der Waals surface area contributed by atoms with Gasteiger partial charge in [-0.25, -0.2) is 8.42 Å². The molecule has 0 bridgehead atoms. The smallest absolute Gasteiger partial charge is 0.150 e. The summed E-state index contributed by atoms with van der Waals surface area (Å²) < 4.78 is 27.6. The molecule has 0 aliphatic heterocycles. The van der Waals surface area contributed by atoms with Crippen LogP contribution in [0.15, 0.2) is 18.2 Å². The van der Waals surface area contributed by atoms with E-state index in [0.29, 0.717) is 6.04 Å². The summed E-state index contributed by atoms with van der Waals surface area (Å²) in [7, 11) is -0.977. The van der Waals surface area contributed by atoms with E-state index in [9.17, 15) is 8.42 Å². The van der Waals surface area contributed by atoms with Gasteiger partial charge in [-0.15, -0.1) is 0 Å². The average molecular weight is 283 g/mol. The lowest BCUT2D eigenvalue weighted by Crippen LogP contribution is -2.21. The molecule has 4 nitrogen and oxygen atoms in total. The highest BCUT2D eigenvalue weighted by Crippen LogP contribution is 2.31. The van der Waals surface area contributed by atoms with Crippen molar-refractivity contribution in [1.29, 1.82) is 0 Å². The van der Waals surface area contributed by atoms with Gasteiger partial charge in [-0.05, 0) is 49.6 Å². The minimum absolute atomic E-state index is 0.0588. The molecule has 1 aliphatic carbocycles. The third-order valence-electron chi connectivity index (χ3n) is 3.50. The molecule has 2 rings (SSSR count). The molecular weight excluding hydrogens is 262 g/mol. The van der Waals surface area contributed by atoms with Gasteiger partial charge in [-0.3, -0.25) is 0 Å². The van der Waals surface area contributed by atoms with Gasteiger partial charge in [0.2, 0.25) is 0 Å². The Bertz CT molecular complexity index is 540. The SMILES string of the molecule is CNC1CCCc2cc(OCCS(C)(=O)=O)ccc21. The second-order valence-electron chi connectivity index (χ2n) is 5.07.